The van der Waals surface area contributed by atoms with Gasteiger partial charge in [0.2, 0.25) is 5.95 Å². The van der Waals surface area contributed by atoms with Crippen molar-refractivity contribution in [1.29, 1.82) is 0 Å². The molecule has 2 N–H and O–H groups in total. The van der Waals surface area contributed by atoms with Crippen molar-refractivity contribution in [2.75, 3.05) is 17.7 Å². The number of nitrogens with zero attached hydrogens (tertiary/aromatic N) is 4. The molecule has 0 atom stereocenters. The van der Waals surface area contributed by atoms with Gasteiger partial charge in [0, 0.05) is 26.2 Å². The summed E-state index contributed by atoms with van der Waals surface area (Å²) in [6.07, 6.45) is 0.0834. The Bertz CT molecular complexity index is 690. The second-order valence-electron chi connectivity index (χ2n) is 5.17. The molecule has 0 saturated heterocycles. The highest BCUT2D eigenvalue weighted by atomic mass is 19.4. The van der Waals surface area contributed by atoms with E-state index in [1.165, 1.54) is 7.05 Å². The topological polar surface area (TPSA) is 67.7 Å². The molecule has 2 aromatic rings. The van der Waals surface area contributed by atoms with Gasteiger partial charge in [-0.2, -0.15) is 23.3 Å². The maximum absolute atomic E-state index is 12.8. The molecule has 1 aliphatic carbocycles. The SMILES string of the molecule is CNc1nc(Nc2cnn(C)c2C2CC2)ncc1C(F)(F)F. The van der Waals surface area contributed by atoms with E-state index in [4.69, 9.17) is 0 Å². The third-order valence-corrected chi connectivity index (χ3v) is 3.53. The molecule has 0 amide bonds. The van der Waals surface area contributed by atoms with Gasteiger partial charge in [-0.15, -0.1) is 0 Å². The molecule has 1 fully saturated rings. The standard InChI is InChI=1S/C13H15F3N6/c1-17-11-8(13(14,15)16)5-18-12(21-11)20-9-6-19-22(2)10(9)7-3-4-7/h5-7H,3-4H2,1-2H3,(H2,17,18,20,21). The minimum absolute atomic E-state index is 0.104. The van der Waals surface area contributed by atoms with Crippen LogP contribution in [-0.4, -0.2) is 26.8 Å². The second-order valence-corrected chi connectivity index (χ2v) is 5.17. The summed E-state index contributed by atoms with van der Waals surface area (Å²) in [7, 11) is 3.23. The zero-order valence-corrected chi connectivity index (χ0v) is 12.1. The van der Waals surface area contributed by atoms with Gasteiger partial charge in [0.25, 0.3) is 0 Å². The van der Waals surface area contributed by atoms with Crippen molar-refractivity contribution in [2.45, 2.75) is 24.9 Å². The third-order valence-electron chi connectivity index (χ3n) is 3.53. The van der Waals surface area contributed by atoms with Crippen LogP contribution in [0.2, 0.25) is 0 Å². The number of aryl methyl sites for hydroxylation is 1. The molecule has 3 rings (SSSR count). The predicted molar refractivity (Wildman–Crippen MR) is 75.0 cm³/mol. The number of hydrogen-bond donors (Lipinski definition) is 2. The van der Waals surface area contributed by atoms with Gasteiger partial charge in [0.1, 0.15) is 11.4 Å². The second kappa shape index (κ2) is 5.15. The Morgan fingerprint density at radius 1 is 1.27 bits per heavy atom. The quantitative estimate of drug-likeness (QED) is 0.908. The molecule has 118 valence electrons. The summed E-state index contributed by atoms with van der Waals surface area (Å²) >= 11 is 0. The molecule has 0 unspecified atom stereocenters. The average Bonchev–Trinajstić information content (AvgIpc) is 3.22. The fourth-order valence-electron chi connectivity index (χ4n) is 2.34. The maximum Gasteiger partial charge on any atom is 0.421 e. The lowest BCUT2D eigenvalue weighted by Gasteiger charge is -2.13. The first-order valence-electron chi connectivity index (χ1n) is 6.81. The van der Waals surface area contributed by atoms with Crippen LogP contribution in [0, 0.1) is 0 Å². The molecule has 2 heterocycles. The Morgan fingerprint density at radius 2 is 2.00 bits per heavy atom. The molecule has 6 nitrogen and oxygen atoms in total. The van der Waals surface area contributed by atoms with E-state index in [2.05, 4.69) is 25.7 Å². The molecule has 0 aliphatic heterocycles. The average molecular weight is 312 g/mol. The highest BCUT2D eigenvalue weighted by molar-refractivity contribution is 5.59. The maximum atomic E-state index is 12.8. The Kier molecular flexibility index (Phi) is 3.42. The highest BCUT2D eigenvalue weighted by Gasteiger charge is 2.35. The van der Waals surface area contributed by atoms with Crippen LogP contribution in [0.5, 0.6) is 0 Å². The summed E-state index contributed by atoms with van der Waals surface area (Å²) in [6.45, 7) is 0. The molecular formula is C13H15F3N6. The molecule has 0 radical (unpaired) electrons. The minimum atomic E-state index is -4.50. The van der Waals surface area contributed by atoms with Crippen LogP contribution in [0.4, 0.5) is 30.6 Å². The van der Waals surface area contributed by atoms with Crippen molar-refractivity contribution in [3.8, 4) is 0 Å². The first-order chi connectivity index (χ1) is 10.4. The van der Waals surface area contributed by atoms with Crippen LogP contribution in [0.25, 0.3) is 0 Å². The van der Waals surface area contributed by atoms with E-state index in [1.54, 1.807) is 10.9 Å². The van der Waals surface area contributed by atoms with Crippen LogP contribution < -0.4 is 10.6 Å². The highest BCUT2D eigenvalue weighted by Crippen LogP contribution is 2.43. The molecular weight excluding hydrogens is 297 g/mol. The Hall–Kier alpha value is -2.32. The van der Waals surface area contributed by atoms with Crippen molar-refractivity contribution in [3.63, 3.8) is 0 Å². The van der Waals surface area contributed by atoms with Gasteiger partial charge in [-0.3, -0.25) is 4.68 Å². The summed E-state index contributed by atoms with van der Waals surface area (Å²) in [4.78, 5) is 7.65. The number of nitrogens with one attached hydrogen (secondary N) is 2. The van der Waals surface area contributed by atoms with Gasteiger partial charge in [-0.05, 0) is 12.8 Å². The molecule has 22 heavy (non-hydrogen) atoms. The van der Waals surface area contributed by atoms with Crippen molar-refractivity contribution < 1.29 is 13.2 Å². The number of halogens is 3. The zero-order valence-electron chi connectivity index (χ0n) is 12.1. The Labute approximate surface area is 124 Å². The Morgan fingerprint density at radius 3 is 2.59 bits per heavy atom. The smallest absolute Gasteiger partial charge is 0.372 e. The summed E-state index contributed by atoms with van der Waals surface area (Å²) in [5.74, 6) is 0.280. The van der Waals surface area contributed by atoms with Crippen molar-refractivity contribution in [2.24, 2.45) is 7.05 Å². The first kappa shape index (κ1) is 14.6. The predicted octanol–water partition coefficient (Wildman–Crippen LogP) is 2.89. The summed E-state index contributed by atoms with van der Waals surface area (Å²) in [5, 5.41) is 9.58. The molecule has 0 spiro atoms. The van der Waals surface area contributed by atoms with Crippen LogP contribution in [0.3, 0.4) is 0 Å². The number of alkyl halides is 3. The van der Waals surface area contributed by atoms with Gasteiger partial charge >= 0.3 is 6.18 Å². The lowest BCUT2D eigenvalue weighted by atomic mass is 10.2. The van der Waals surface area contributed by atoms with Crippen molar-refractivity contribution in [3.05, 3.63) is 23.7 Å². The normalized spacial score (nSPS) is 15.0. The van der Waals surface area contributed by atoms with E-state index in [9.17, 15) is 13.2 Å². The van der Waals surface area contributed by atoms with Gasteiger partial charge in [0.05, 0.1) is 17.6 Å². The van der Waals surface area contributed by atoms with E-state index < -0.39 is 11.7 Å². The first-order valence-corrected chi connectivity index (χ1v) is 6.81. The van der Waals surface area contributed by atoms with Gasteiger partial charge < -0.3 is 10.6 Å². The molecule has 1 aliphatic rings. The van der Waals surface area contributed by atoms with E-state index in [-0.39, 0.29) is 11.8 Å². The van der Waals surface area contributed by atoms with Gasteiger partial charge in [-0.25, -0.2) is 4.98 Å². The zero-order chi connectivity index (χ0) is 15.9. The fraction of sp³-hybridized carbons (Fsp3) is 0.462. The minimum Gasteiger partial charge on any atom is -0.372 e. The van der Waals surface area contributed by atoms with Gasteiger partial charge in [-0.1, -0.05) is 0 Å². The summed E-state index contributed by atoms with van der Waals surface area (Å²) in [6, 6.07) is 0. The van der Waals surface area contributed by atoms with E-state index in [0.717, 1.165) is 30.4 Å². The van der Waals surface area contributed by atoms with E-state index in [1.807, 2.05) is 7.05 Å². The van der Waals surface area contributed by atoms with Crippen LogP contribution >= 0.6 is 0 Å². The van der Waals surface area contributed by atoms with Crippen molar-refractivity contribution in [1.82, 2.24) is 19.7 Å². The Balaban J connectivity index is 1.90. The largest absolute Gasteiger partial charge is 0.421 e. The summed E-state index contributed by atoms with van der Waals surface area (Å²) < 4.78 is 40.2. The third kappa shape index (κ3) is 2.70. The summed E-state index contributed by atoms with van der Waals surface area (Å²) in [5.41, 5.74) is 0.857. The van der Waals surface area contributed by atoms with E-state index in [0.29, 0.717) is 5.92 Å². The van der Waals surface area contributed by atoms with Crippen LogP contribution in [0.1, 0.15) is 30.0 Å². The monoisotopic (exact) mass is 312 g/mol. The molecule has 0 bridgehead atoms. The number of anilines is 3. The fourth-order valence-corrected chi connectivity index (χ4v) is 2.34. The van der Waals surface area contributed by atoms with E-state index >= 15 is 0 Å². The molecule has 0 aromatic carbocycles. The number of hydrogen-bond acceptors (Lipinski definition) is 5. The number of rotatable bonds is 4. The van der Waals surface area contributed by atoms with Crippen LogP contribution in [-0.2, 0) is 13.2 Å². The lowest BCUT2D eigenvalue weighted by molar-refractivity contribution is -0.137. The lowest BCUT2D eigenvalue weighted by Crippen LogP contribution is -2.12. The molecule has 9 heteroatoms. The van der Waals surface area contributed by atoms with Crippen molar-refractivity contribution >= 4 is 17.5 Å². The molecule has 2 aromatic heterocycles. The molecule has 1 saturated carbocycles. The van der Waals surface area contributed by atoms with Crippen LogP contribution in [0.15, 0.2) is 12.4 Å². The van der Waals surface area contributed by atoms with Gasteiger partial charge in [0.15, 0.2) is 0 Å². The number of aromatic nitrogens is 4.